The molecule has 1 fully saturated rings. The van der Waals surface area contributed by atoms with Crippen molar-refractivity contribution in [3.63, 3.8) is 0 Å². The largest absolute Gasteiger partial charge is 0.373 e. The maximum atomic E-state index is 5.94. The summed E-state index contributed by atoms with van der Waals surface area (Å²) < 4.78 is 5.92. The van der Waals surface area contributed by atoms with E-state index >= 15 is 0 Å². The lowest BCUT2D eigenvalue weighted by atomic mass is 10.0. The van der Waals surface area contributed by atoms with Gasteiger partial charge in [-0.15, -0.1) is 11.8 Å². The predicted octanol–water partition coefficient (Wildman–Crippen LogP) is 5.35. The minimum absolute atomic E-state index is 0.197. The highest BCUT2D eigenvalue weighted by molar-refractivity contribution is 8.00. The lowest BCUT2D eigenvalue weighted by Crippen LogP contribution is -2.21. The Morgan fingerprint density at radius 2 is 1.75 bits per heavy atom. The van der Waals surface area contributed by atoms with Crippen LogP contribution in [-0.2, 0) is 4.74 Å². The van der Waals surface area contributed by atoms with Crippen LogP contribution in [0.2, 0.25) is 5.02 Å². The van der Waals surface area contributed by atoms with Gasteiger partial charge < -0.3 is 4.74 Å². The lowest BCUT2D eigenvalue weighted by Gasteiger charge is -2.29. The third-order valence-electron chi connectivity index (χ3n) is 3.52. The Labute approximate surface area is 129 Å². The van der Waals surface area contributed by atoms with Crippen LogP contribution in [0.5, 0.6) is 0 Å². The van der Waals surface area contributed by atoms with E-state index in [1.807, 2.05) is 23.9 Å². The Hall–Kier alpha value is -0.960. The topological polar surface area (TPSA) is 9.23 Å². The molecule has 0 bridgehead atoms. The first-order valence-corrected chi connectivity index (χ1v) is 8.16. The lowest BCUT2D eigenvalue weighted by molar-refractivity contribution is 0.0178. The first-order chi connectivity index (χ1) is 9.81. The Kier molecular flexibility index (Phi) is 4.66. The fourth-order valence-corrected chi connectivity index (χ4v) is 3.78. The van der Waals surface area contributed by atoms with Crippen molar-refractivity contribution < 1.29 is 4.74 Å². The van der Waals surface area contributed by atoms with Crippen molar-refractivity contribution in [1.82, 2.24) is 0 Å². The second-order valence-electron chi connectivity index (χ2n) is 4.99. The van der Waals surface area contributed by atoms with Crippen molar-refractivity contribution in [1.29, 1.82) is 0 Å². The Bertz CT molecular complexity index is 541. The van der Waals surface area contributed by atoms with Crippen molar-refractivity contribution in [2.75, 3.05) is 6.61 Å². The molecule has 0 aromatic heterocycles. The van der Waals surface area contributed by atoms with E-state index < -0.39 is 0 Å². The molecule has 1 saturated heterocycles. The zero-order valence-corrected chi connectivity index (χ0v) is 12.7. The molecule has 1 heterocycles. The van der Waals surface area contributed by atoms with Crippen LogP contribution in [0.3, 0.4) is 0 Å². The second kappa shape index (κ2) is 6.66. The highest BCUT2D eigenvalue weighted by Crippen LogP contribution is 2.37. The molecule has 104 valence electrons. The van der Waals surface area contributed by atoms with Crippen LogP contribution in [0.1, 0.15) is 24.5 Å². The average molecular weight is 305 g/mol. The first kappa shape index (κ1) is 14.0. The monoisotopic (exact) mass is 304 g/mol. The van der Waals surface area contributed by atoms with Gasteiger partial charge in [0.2, 0.25) is 0 Å². The van der Waals surface area contributed by atoms with Crippen molar-refractivity contribution in [2.24, 2.45) is 0 Å². The van der Waals surface area contributed by atoms with Gasteiger partial charge in [0, 0.05) is 21.8 Å². The molecule has 0 aliphatic carbocycles. The molecule has 0 unspecified atom stereocenters. The van der Waals surface area contributed by atoms with Crippen LogP contribution < -0.4 is 0 Å². The summed E-state index contributed by atoms with van der Waals surface area (Å²) in [6, 6.07) is 18.6. The molecule has 1 aliphatic heterocycles. The third-order valence-corrected chi connectivity index (χ3v) is 5.08. The molecule has 2 aromatic carbocycles. The minimum atomic E-state index is 0.197. The van der Waals surface area contributed by atoms with Gasteiger partial charge in [-0.05, 0) is 42.7 Å². The van der Waals surface area contributed by atoms with Gasteiger partial charge in [0.15, 0.2) is 0 Å². The quantitative estimate of drug-likeness (QED) is 0.755. The van der Waals surface area contributed by atoms with Crippen LogP contribution in [-0.4, -0.2) is 11.9 Å². The Balaban J connectivity index is 1.66. The summed E-state index contributed by atoms with van der Waals surface area (Å²) in [6.07, 6.45) is 2.37. The number of ether oxygens (including phenoxy) is 1. The van der Waals surface area contributed by atoms with Crippen molar-refractivity contribution in [2.45, 2.75) is 29.1 Å². The second-order valence-corrected chi connectivity index (χ2v) is 6.80. The maximum absolute atomic E-state index is 5.94. The number of thioether (sulfide) groups is 1. The summed E-state index contributed by atoms with van der Waals surface area (Å²) in [4.78, 5) is 1.34. The molecule has 0 amide bonds. The summed E-state index contributed by atoms with van der Waals surface area (Å²) in [5, 5.41) is 1.39. The average Bonchev–Trinajstić information content (AvgIpc) is 2.49. The van der Waals surface area contributed by atoms with Gasteiger partial charge in [-0.25, -0.2) is 0 Å². The summed E-state index contributed by atoms with van der Waals surface area (Å²) in [6.45, 7) is 0.831. The molecule has 3 heteroatoms. The molecule has 0 saturated carbocycles. The van der Waals surface area contributed by atoms with Crippen molar-refractivity contribution in [3.8, 4) is 0 Å². The van der Waals surface area contributed by atoms with E-state index in [1.165, 1.54) is 10.5 Å². The summed E-state index contributed by atoms with van der Waals surface area (Å²) in [7, 11) is 0. The fourth-order valence-electron chi connectivity index (χ4n) is 2.47. The summed E-state index contributed by atoms with van der Waals surface area (Å²) >= 11 is 7.90. The van der Waals surface area contributed by atoms with Crippen LogP contribution in [0.25, 0.3) is 0 Å². The number of hydrogen-bond donors (Lipinski definition) is 0. The number of hydrogen-bond acceptors (Lipinski definition) is 2. The SMILES string of the molecule is Clc1ccc([C@H]2C[C@@H](Sc3ccccc3)CCO2)cc1. The van der Waals surface area contributed by atoms with Gasteiger partial charge in [0.05, 0.1) is 6.10 Å². The van der Waals surface area contributed by atoms with Gasteiger partial charge in [-0.2, -0.15) is 0 Å². The van der Waals surface area contributed by atoms with E-state index in [0.29, 0.717) is 5.25 Å². The van der Waals surface area contributed by atoms with Gasteiger partial charge in [-0.1, -0.05) is 41.9 Å². The molecule has 1 aliphatic rings. The molecular formula is C17H17ClOS. The molecule has 2 atom stereocenters. The van der Waals surface area contributed by atoms with Gasteiger partial charge in [0.1, 0.15) is 0 Å². The highest BCUT2D eigenvalue weighted by Gasteiger charge is 2.24. The van der Waals surface area contributed by atoms with Gasteiger partial charge >= 0.3 is 0 Å². The normalized spacial score (nSPS) is 22.6. The van der Waals surface area contributed by atoms with Crippen LogP contribution in [0, 0.1) is 0 Å². The van der Waals surface area contributed by atoms with Crippen molar-refractivity contribution >= 4 is 23.4 Å². The molecule has 3 rings (SSSR count). The zero-order chi connectivity index (χ0) is 13.8. The summed E-state index contributed by atoms with van der Waals surface area (Å²) in [5.74, 6) is 0. The van der Waals surface area contributed by atoms with Crippen LogP contribution in [0.15, 0.2) is 59.5 Å². The predicted molar refractivity (Wildman–Crippen MR) is 85.5 cm³/mol. The standard InChI is InChI=1S/C17H17ClOS/c18-14-8-6-13(7-9-14)17-12-16(10-11-19-17)20-15-4-2-1-3-5-15/h1-9,16-17H,10-12H2/t16-,17+/m0/s1. The molecular weight excluding hydrogens is 288 g/mol. The van der Waals surface area contributed by atoms with E-state index in [2.05, 4.69) is 42.5 Å². The molecule has 0 radical (unpaired) electrons. The number of benzene rings is 2. The Morgan fingerprint density at radius 1 is 1.00 bits per heavy atom. The van der Waals surface area contributed by atoms with Crippen LogP contribution in [0.4, 0.5) is 0 Å². The van der Waals surface area contributed by atoms with E-state index in [-0.39, 0.29) is 6.10 Å². The smallest absolute Gasteiger partial charge is 0.0835 e. The third kappa shape index (κ3) is 3.57. The fraction of sp³-hybridized carbons (Fsp3) is 0.294. The zero-order valence-electron chi connectivity index (χ0n) is 11.2. The molecule has 0 N–H and O–H groups in total. The first-order valence-electron chi connectivity index (χ1n) is 6.90. The number of rotatable bonds is 3. The molecule has 20 heavy (non-hydrogen) atoms. The molecule has 2 aromatic rings. The van der Waals surface area contributed by atoms with Crippen LogP contribution >= 0.6 is 23.4 Å². The van der Waals surface area contributed by atoms with Gasteiger partial charge in [0.25, 0.3) is 0 Å². The molecule has 0 spiro atoms. The van der Waals surface area contributed by atoms with E-state index in [4.69, 9.17) is 16.3 Å². The molecule has 1 nitrogen and oxygen atoms in total. The van der Waals surface area contributed by atoms with E-state index in [1.54, 1.807) is 0 Å². The Morgan fingerprint density at radius 3 is 2.50 bits per heavy atom. The van der Waals surface area contributed by atoms with Gasteiger partial charge in [-0.3, -0.25) is 0 Å². The summed E-state index contributed by atoms with van der Waals surface area (Å²) in [5.41, 5.74) is 1.23. The van der Waals surface area contributed by atoms with E-state index in [9.17, 15) is 0 Å². The maximum Gasteiger partial charge on any atom is 0.0835 e. The van der Waals surface area contributed by atoms with E-state index in [0.717, 1.165) is 24.5 Å². The highest BCUT2D eigenvalue weighted by atomic mass is 35.5. The van der Waals surface area contributed by atoms with Crippen molar-refractivity contribution in [3.05, 3.63) is 65.2 Å². The number of halogens is 1. The minimum Gasteiger partial charge on any atom is -0.373 e.